The zero-order chi connectivity index (χ0) is 14.2. The summed E-state index contributed by atoms with van der Waals surface area (Å²) in [5, 5.41) is 3.46. The number of rotatable bonds is 7. The van der Waals surface area contributed by atoms with E-state index in [1.807, 2.05) is 18.3 Å². The maximum atomic E-state index is 5.17. The first-order chi connectivity index (χ1) is 9.83. The van der Waals surface area contributed by atoms with Crippen LogP contribution in [0.3, 0.4) is 0 Å². The number of aromatic nitrogens is 2. The Morgan fingerprint density at radius 3 is 2.60 bits per heavy atom. The van der Waals surface area contributed by atoms with Crippen LogP contribution in [0.4, 0.5) is 0 Å². The van der Waals surface area contributed by atoms with Crippen LogP contribution in [-0.2, 0) is 6.42 Å². The molecule has 20 heavy (non-hydrogen) atoms. The van der Waals surface area contributed by atoms with Crippen molar-refractivity contribution < 1.29 is 4.74 Å². The van der Waals surface area contributed by atoms with Crippen LogP contribution >= 0.6 is 0 Å². The normalized spacial score (nSPS) is 12.1. The van der Waals surface area contributed by atoms with Crippen LogP contribution in [-0.4, -0.2) is 23.6 Å². The maximum absolute atomic E-state index is 5.17. The Bertz CT molecular complexity index is 499. The van der Waals surface area contributed by atoms with Crippen LogP contribution in [0.2, 0.25) is 0 Å². The summed E-state index contributed by atoms with van der Waals surface area (Å²) >= 11 is 0. The van der Waals surface area contributed by atoms with Gasteiger partial charge in [0.05, 0.1) is 18.8 Å². The lowest BCUT2D eigenvalue weighted by molar-refractivity contribution is 0.414. The summed E-state index contributed by atoms with van der Waals surface area (Å²) in [6.07, 6.45) is 7.28. The average Bonchev–Trinajstić information content (AvgIpc) is 2.53. The average molecular weight is 271 g/mol. The Hall–Kier alpha value is -1.94. The van der Waals surface area contributed by atoms with Gasteiger partial charge in [0.25, 0.3) is 0 Å². The molecular weight excluding hydrogens is 250 g/mol. The number of aryl methyl sites for hydroxylation is 1. The minimum atomic E-state index is 0.246. The van der Waals surface area contributed by atoms with Gasteiger partial charge in [0.2, 0.25) is 0 Å². The largest absolute Gasteiger partial charge is 0.497 e. The predicted octanol–water partition coefficient (Wildman–Crippen LogP) is 2.77. The van der Waals surface area contributed by atoms with E-state index in [0.29, 0.717) is 0 Å². The lowest BCUT2D eigenvalue weighted by Gasteiger charge is -2.16. The molecule has 0 spiro atoms. The molecule has 4 nitrogen and oxygen atoms in total. The van der Waals surface area contributed by atoms with E-state index in [9.17, 15) is 0 Å². The molecule has 1 atom stereocenters. The quantitative estimate of drug-likeness (QED) is 0.841. The summed E-state index contributed by atoms with van der Waals surface area (Å²) in [5.74, 6) is 0.894. The molecule has 4 heteroatoms. The lowest BCUT2D eigenvalue weighted by Crippen LogP contribution is -2.22. The van der Waals surface area contributed by atoms with Crippen molar-refractivity contribution in [3.63, 3.8) is 0 Å². The number of methoxy groups -OCH3 is 1. The molecule has 0 saturated heterocycles. The summed E-state index contributed by atoms with van der Waals surface area (Å²) in [6, 6.07) is 8.47. The van der Waals surface area contributed by atoms with Gasteiger partial charge >= 0.3 is 0 Å². The molecule has 2 rings (SSSR count). The number of hydrogen-bond acceptors (Lipinski definition) is 4. The predicted molar refractivity (Wildman–Crippen MR) is 79.8 cm³/mol. The van der Waals surface area contributed by atoms with Gasteiger partial charge in [-0.1, -0.05) is 19.1 Å². The second-order valence-corrected chi connectivity index (χ2v) is 4.63. The highest BCUT2D eigenvalue weighted by molar-refractivity contribution is 5.27. The van der Waals surface area contributed by atoms with E-state index < -0.39 is 0 Å². The van der Waals surface area contributed by atoms with E-state index in [-0.39, 0.29) is 6.04 Å². The van der Waals surface area contributed by atoms with Crippen LogP contribution < -0.4 is 10.1 Å². The fraction of sp³-hybridized carbons (Fsp3) is 0.375. The van der Waals surface area contributed by atoms with Crippen molar-refractivity contribution in [3.05, 3.63) is 54.1 Å². The zero-order valence-corrected chi connectivity index (χ0v) is 12.0. The first-order valence-corrected chi connectivity index (χ1v) is 6.95. The highest BCUT2D eigenvalue weighted by Gasteiger charge is 2.11. The third kappa shape index (κ3) is 4.03. The van der Waals surface area contributed by atoms with Crippen molar-refractivity contribution in [2.24, 2.45) is 0 Å². The fourth-order valence-electron chi connectivity index (χ4n) is 2.19. The molecule has 1 unspecified atom stereocenters. The molecule has 0 aliphatic carbocycles. The number of ether oxygens (including phenoxy) is 1. The maximum Gasteiger partial charge on any atom is 0.118 e. The minimum Gasteiger partial charge on any atom is -0.497 e. The van der Waals surface area contributed by atoms with Gasteiger partial charge in [0.1, 0.15) is 5.75 Å². The smallest absolute Gasteiger partial charge is 0.118 e. The standard InChI is InChI=1S/C16H21N3O/c1-3-18-15(16-12-17-10-11-19-16)9-6-13-4-7-14(20-2)8-5-13/h4-5,7-8,10-12,15,18H,3,6,9H2,1-2H3. The van der Waals surface area contributed by atoms with Crippen LogP contribution in [0, 0.1) is 0 Å². The molecule has 2 aromatic rings. The number of hydrogen-bond donors (Lipinski definition) is 1. The van der Waals surface area contributed by atoms with Gasteiger partial charge in [-0.05, 0) is 37.1 Å². The lowest BCUT2D eigenvalue weighted by atomic mass is 10.0. The molecular formula is C16H21N3O. The summed E-state index contributed by atoms with van der Waals surface area (Å²) in [4.78, 5) is 8.54. The number of benzene rings is 1. The van der Waals surface area contributed by atoms with Crippen molar-refractivity contribution in [1.82, 2.24) is 15.3 Å². The summed E-state index contributed by atoms with van der Waals surface area (Å²) < 4.78 is 5.17. The second-order valence-electron chi connectivity index (χ2n) is 4.63. The zero-order valence-electron chi connectivity index (χ0n) is 12.0. The highest BCUT2D eigenvalue weighted by Crippen LogP contribution is 2.18. The van der Waals surface area contributed by atoms with Crippen molar-refractivity contribution in [1.29, 1.82) is 0 Å². The topological polar surface area (TPSA) is 47.0 Å². The van der Waals surface area contributed by atoms with Gasteiger partial charge in [0, 0.05) is 18.6 Å². The molecule has 0 aliphatic heterocycles. The Morgan fingerprint density at radius 2 is 2.00 bits per heavy atom. The van der Waals surface area contributed by atoms with E-state index >= 15 is 0 Å². The Labute approximate surface area is 120 Å². The van der Waals surface area contributed by atoms with Gasteiger partial charge in [0.15, 0.2) is 0 Å². The molecule has 0 radical (unpaired) electrons. The number of nitrogens with one attached hydrogen (secondary N) is 1. The highest BCUT2D eigenvalue weighted by atomic mass is 16.5. The Kier molecular flexibility index (Phi) is 5.50. The summed E-state index contributed by atoms with van der Waals surface area (Å²) in [7, 11) is 1.68. The Balaban J connectivity index is 1.98. The van der Waals surface area contributed by atoms with E-state index in [1.165, 1.54) is 5.56 Å². The van der Waals surface area contributed by atoms with Crippen LogP contribution in [0.25, 0.3) is 0 Å². The molecule has 1 heterocycles. The van der Waals surface area contributed by atoms with E-state index in [4.69, 9.17) is 4.74 Å². The van der Waals surface area contributed by atoms with E-state index in [2.05, 4.69) is 34.3 Å². The second kappa shape index (κ2) is 7.60. The molecule has 0 saturated carbocycles. The van der Waals surface area contributed by atoms with Gasteiger partial charge in [-0.3, -0.25) is 9.97 Å². The third-order valence-electron chi connectivity index (χ3n) is 3.27. The van der Waals surface area contributed by atoms with Gasteiger partial charge in [-0.25, -0.2) is 0 Å². The third-order valence-corrected chi connectivity index (χ3v) is 3.27. The fourth-order valence-corrected chi connectivity index (χ4v) is 2.19. The van der Waals surface area contributed by atoms with E-state index in [0.717, 1.165) is 30.8 Å². The first kappa shape index (κ1) is 14.5. The van der Waals surface area contributed by atoms with Gasteiger partial charge in [-0.15, -0.1) is 0 Å². The monoisotopic (exact) mass is 271 g/mol. The van der Waals surface area contributed by atoms with Crippen molar-refractivity contribution in [2.75, 3.05) is 13.7 Å². The van der Waals surface area contributed by atoms with Crippen LogP contribution in [0.5, 0.6) is 5.75 Å². The molecule has 0 bridgehead atoms. The SMILES string of the molecule is CCNC(CCc1ccc(OC)cc1)c1cnccn1. The van der Waals surface area contributed by atoms with E-state index in [1.54, 1.807) is 19.5 Å². The first-order valence-electron chi connectivity index (χ1n) is 6.95. The van der Waals surface area contributed by atoms with Gasteiger partial charge in [-0.2, -0.15) is 0 Å². The molecule has 1 N–H and O–H groups in total. The molecule has 106 valence electrons. The van der Waals surface area contributed by atoms with Crippen LogP contribution in [0.15, 0.2) is 42.9 Å². The molecule has 1 aromatic heterocycles. The Morgan fingerprint density at radius 1 is 1.20 bits per heavy atom. The van der Waals surface area contributed by atoms with Crippen molar-refractivity contribution >= 4 is 0 Å². The van der Waals surface area contributed by atoms with Crippen LogP contribution in [0.1, 0.15) is 30.6 Å². The molecule has 0 aliphatic rings. The van der Waals surface area contributed by atoms with Crippen molar-refractivity contribution in [3.8, 4) is 5.75 Å². The van der Waals surface area contributed by atoms with Crippen molar-refractivity contribution in [2.45, 2.75) is 25.8 Å². The number of nitrogens with zero attached hydrogens (tertiary/aromatic N) is 2. The molecule has 0 amide bonds. The summed E-state index contributed by atoms with van der Waals surface area (Å²) in [5.41, 5.74) is 2.31. The summed E-state index contributed by atoms with van der Waals surface area (Å²) in [6.45, 7) is 3.03. The molecule has 0 fully saturated rings. The molecule has 1 aromatic carbocycles. The van der Waals surface area contributed by atoms with Gasteiger partial charge < -0.3 is 10.1 Å². The minimum absolute atomic E-state index is 0.246.